The average molecular weight is 311 g/mol. The van der Waals surface area contributed by atoms with Gasteiger partial charge in [-0.1, -0.05) is 36.9 Å². The van der Waals surface area contributed by atoms with E-state index in [1.165, 1.54) is 6.42 Å². The van der Waals surface area contributed by atoms with Crippen molar-refractivity contribution < 1.29 is 14.3 Å². The molecule has 2 N–H and O–H groups in total. The van der Waals surface area contributed by atoms with Crippen molar-refractivity contribution in [3.05, 3.63) is 29.3 Å². The van der Waals surface area contributed by atoms with Gasteiger partial charge >= 0.3 is 0 Å². The summed E-state index contributed by atoms with van der Waals surface area (Å²) >= 11 is 5.81. The van der Waals surface area contributed by atoms with Crippen molar-refractivity contribution in [2.75, 3.05) is 6.61 Å². The molecule has 0 heterocycles. The molecule has 0 saturated heterocycles. The standard InChI is InChI=1S/C15H19ClN2O3/c16-12-7-4-8-13(9-12)21-10-14(19)17-18-15(20)11-5-2-1-3-6-11/h4,7-9,11H,1-3,5-6,10H2,(H,17,19)(H,18,20). The molecule has 1 aliphatic carbocycles. The van der Waals surface area contributed by atoms with Gasteiger partial charge in [0, 0.05) is 10.9 Å². The van der Waals surface area contributed by atoms with Crippen LogP contribution in [0, 0.1) is 5.92 Å². The smallest absolute Gasteiger partial charge is 0.276 e. The highest BCUT2D eigenvalue weighted by Gasteiger charge is 2.21. The van der Waals surface area contributed by atoms with Gasteiger partial charge in [0.05, 0.1) is 0 Å². The molecule has 0 aliphatic heterocycles. The van der Waals surface area contributed by atoms with Crippen LogP contribution in [0.5, 0.6) is 5.75 Å². The number of halogens is 1. The van der Waals surface area contributed by atoms with Gasteiger partial charge in [0.15, 0.2) is 6.61 Å². The van der Waals surface area contributed by atoms with Crippen LogP contribution in [-0.2, 0) is 9.59 Å². The molecular weight excluding hydrogens is 292 g/mol. The van der Waals surface area contributed by atoms with E-state index in [1.807, 2.05) is 0 Å². The quantitative estimate of drug-likeness (QED) is 0.839. The van der Waals surface area contributed by atoms with Gasteiger partial charge in [-0.2, -0.15) is 0 Å². The maximum atomic E-state index is 11.8. The summed E-state index contributed by atoms with van der Waals surface area (Å²) in [6, 6.07) is 6.79. The van der Waals surface area contributed by atoms with Crippen molar-refractivity contribution in [3.63, 3.8) is 0 Å². The number of benzene rings is 1. The Morgan fingerprint density at radius 2 is 1.95 bits per heavy atom. The number of hydrogen-bond donors (Lipinski definition) is 2. The fourth-order valence-corrected chi connectivity index (χ4v) is 2.52. The largest absolute Gasteiger partial charge is 0.484 e. The summed E-state index contributed by atoms with van der Waals surface area (Å²) in [6.07, 6.45) is 5.11. The lowest BCUT2D eigenvalue weighted by Gasteiger charge is -2.20. The second-order valence-electron chi connectivity index (χ2n) is 5.12. The van der Waals surface area contributed by atoms with Gasteiger partial charge in [-0.05, 0) is 31.0 Å². The molecule has 2 rings (SSSR count). The molecule has 0 spiro atoms. The van der Waals surface area contributed by atoms with Gasteiger partial charge in [0.1, 0.15) is 5.75 Å². The minimum atomic E-state index is -0.404. The summed E-state index contributed by atoms with van der Waals surface area (Å²) in [4.78, 5) is 23.4. The van der Waals surface area contributed by atoms with E-state index < -0.39 is 5.91 Å². The Morgan fingerprint density at radius 1 is 1.19 bits per heavy atom. The molecule has 0 unspecified atom stereocenters. The predicted molar refractivity (Wildman–Crippen MR) is 79.8 cm³/mol. The molecule has 0 aromatic heterocycles. The molecule has 6 heteroatoms. The first-order valence-electron chi connectivity index (χ1n) is 7.12. The summed E-state index contributed by atoms with van der Waals surface area (Å²) in [6.45, 7) is -0.175. The molecule has 1 fully saturated rings. The monoisotopic (exact) mass is 310 g/mol. The maximum absolute atomic E-state index is 11.8. The molecule has 0 radical (unpaired) electrons. The third-order valence-electron chi connectivity index (χ3n) is 3.47. The number of hydrazine groups is 1. The molecule has 0 bridgehead atoms. The number of rotatable bonds is 4. The first-order valence-corrected chi connectivity index (χ1v) is 7.50. The van der Waals surface area contributed by atoms with Crippen LogP contribution in [-0.4, -0.2) is 18.4 Å². The van der Waals surface area contributed by atoms with Crippen LogP contribution in [0.2, 0.25) is 5.02 Å². The number of carbonyl (C=O) groups excluding carboxylic acids is 2. The second-order valence-corrected chi connectivity index (χ2v) is 5.55. The topological polar surface area (TPSA) is 67.4 Å². The van der Waals surface area contributed by atoms with Crippen LogP contribution >= 0.6 is 11.6 Å². The first kappa shape index (κ1) is 15.6. The summed E-state index contributed by atoms with van der Waals surface area (Å²) in [7, 11) is 0. The second kappa shape index (κ2) is 7.88. The summed E-state index contributed by atoms with van der Waals surface area (Å²) in [5.74, 6) is -0.00547. The summed E-state index contributed by atoms with van der Waals surface area (Å²) in [5.41, 5.74) is 4.82. The number of hydrogen-bond acceptors (Lipinski definition) is 3. The number of amides is 2. The van der Waals surface area contributed by atoms with Gasteiger partial charge < -0.3 is 4.74 Å². The molecule has 114 valence electrons. The van der Waals surface area contributed by atoms with Gasteiger partial charge in [0.2, 0.25) is 5.91 Å². The van der Waals surface area contributed by atoms with Crippen molar-refractivity contribution in [3.8, 4) is 5.75 Å². The minimum Gasteiger partial charge on any atom is -0.484 e. The lowest BCUT2D eigenvalue weighted by atomic mass is 9.89. The molecular formula is C15H19ClN2O3. The first-order chi connectivity index (χ1) is 10.1. The van der Waals surface area contributed by atoms with Crippen LogP contribution in [0.4, 0.5) is 0 Å². The zero-order valence-corrected chi connectivity index (χ0v) is 12.5. The van der Waals surface area contributed by atoms with Crippen LogP contribution in [0.25, 0.3) is 0 Å². The molecule has 1 aromatic carbocycles. The highest BCUT2D eigenvalue weighted by Crippen LogP contribution is 2.23. The van der Waals surface area contributed by atoms with E-state index in [9.17, 15) is 9.59 Å². The Kier molecular flexibility index (Phi) is 5.87. The third kappa shape index (κ3) is 5.27. The highest BCUT2D eigenvalue weighted by molar-refractivity contribution is 6.30. The van der Waals surface area contributed by atoms with Crippen molar-refractivity contribution in [1.29, 1.82) is 0 Å². The Morgan fingerprint density at radius 3 is 2.67 bits per heavy atom. The number of carbonyl (C=O) groups is 2. The Labute approximate surface area is 129 Å². The Balaban J connectivity index is 1.68. The van der Waals surface area contributed by atoms with Crippen molar-refractivity contribution in [2.45, 2.75) is 32.1 Å². The van der Waals surface area contributed by atoms with E-state index in [2.05, 4.69) is 10.9 Å². The van der Waals surface area contributed by atoms with Crippen LogP contribution in [0.3, 0.4) is 0 Å². The Bertz CT molecular complexity index is 501. The van der Waals surface area contributed by atoms with E-state index >= 15 is 0 Å². The predicted octanol–water partition coefficient (Wildman–Crippen LogP) is 2.45. The van der Waals surface area contributed by atoms with E-state index in [0.717, 1.165) is 25.7 Å². The number of ether oxygens (including phenoxy) is 1. The normalized spacial score (nSPS) is 15.3. The fraction of sp³-hybridized carbons (Fsp3) is 0.467. The zero-order valence-electron chi connectivity index (χ0n) is 11.7. The molecule has 1 saturated carbocycles. The molecule has 0 atom stereocenters. The van der Waals surface area contributed by atoms with Crippen LogP contribution in [0.15, 0.2) is 24.3 Å². The van der Waals surface area contributed by atoms with Crippen molar-refractivity contribution >= 4 is 23.4 Å². The SMILES string of the molecule is O=C(COc1cccc(Cl)c1)NNC(=O)C1CCCCC1. The van der Waals surface area contributed by atoms with Crippen molar-refractivity contribution in [2.24, 2.45) is 5.92 Å². The lowest BCUT2D eigenvalue weighted by molar-refractivity contribution is -0.132. The fourth-order valence-electron chi connectivity index (χ4n) is 2.34. The minimum absolute atomic E-state index is 0.00731. The maximum Gasteiger partial charge on any atom is 0.276 e. The van der Waals surface area contributed by atoms with Gasteiger partial charge in [-0.3, -0.25) is 20.4 Å². The van der Waals surface area contributed by atoms with E-state index in [4.69, 9.17) is 16.3 Å². The van der Waals surface area contributed by atoms with E-state index in [0.29, 0.717) is 10.8 Å². The van der Waals surface area contributed by atoms with Crippen molar-refractivity contribution in [1.82, 2.24) is 10.9 Å². The van der Waals surface area contributed by atoms with Gasteiger partial charge in [-0.15, -0.1) is 0 Å². The lowest BCUT2D eigenvalue weighted by Crippen LogP contribution is -2.46. The molecule has 2 amide bonds. The average Bonchev–Trinajstić information content (AvgIpc) is 2.51. The summed E-state index contributed by atoms with van der Waals surface area (Å²) in [5, 5.41) is 0.540. The Hall–Kier alpha value is -1.75. The molecule has 5 nitrogen and oxygen atoms in total. The number of nitrogens with one attached hydrogen (secondary N) is 2. The highest BCUT2D eigenvalue weighted by atomic mass is 35.5. The van der Waals surface area contributed by atoms with E-state index in [1.54, 1.807) is 24.3 Å². The van der Waals surface area contributed by atoms with Gasteiger partial charge in [0.25, 0.3) is 5.91 Å². The molecule has 21 heavy (non-hydrogen) atoms. The van der Waals surface area contributed by atoms with Gasteiger partial charge in [-0.25, -0.2) is 0 Å². The zero-order chi connectivity index (χ0) is 15.1. The molecule has 1 aliphatic rings. The van der Waals surface area contributed by atoms with Crippen LogP contribution < -0.4 is 15.6 Å². The molecule has 1 aromatic rings. The summed E-state index contributed by atoms with van der Waals surface area (Å²) < 4.78 is 5.28. The van der Waals surface area contributed by atoms with Crippen LogP contribution in [0.1, 0.15) is 32.1 Å². The third-order valence-corrected chi connectivity index (χ3v) is 3.70. The van der Waals surface area contributed by atoms with E-state index in [-0.39, 0.29) is 18.4 Å².